The van der Waals surface area contributed by atoms with E-state index in [-0.39, 0.29) is 23.5 Å². The summed E-state index contributed by atoms with van der Waals surface area (Å²) in [5.74, 6) is -0.759. The number of carbonyl (C=O) groups excluding carboxylic acids is 1. The number of hydrogen-bond acceptors (Lipinski definition) is 3. The Morgan fingerprint density at radius 1 is 1.15 bits per heavy atom. The molecule has 2 atom stereocenters. The summed E-state index contributed by atoms with van der Waals surface area (Å²) in [6, 6.07) is 6.82. The number of halogens is 3. The Labute approximate surface area is 154 Å². The third-order valence-electron chi connectivity index (χ3n) is 4.00. The third kappa shape index (κ3) is 5.68. The lowest BCUT2D eigenvalue weighted by molar-refractivity contribution is -0.163. The van der Waals surface area contributed by atoms with Gasteiger partial charge in [-0.3, -0.25) is 9.59 Å². The first-order valence-electron chi connectivity index (χ1n) is 8.50. The van der Waals surface area contributed by atoms with Crippen molar-refractivity contribution >= 4 is 5.91 Å². The van der Waals surface area contributed by atoms with Crippen LogP contribution < -0.4 is 16.6 Å². The van der Waals surface area contributed by atoms with Crippen LogP contribution in [0.3, 0.4) is 0 Å². The molecule has 0 unspecified atom stereocenters. The second kappa shape index (κ2) is 8.39. The van der Waals surface area contributed by atoms with Gasteiger partial charge in [0.05, 0.1) is 6.04 Å². The number of alkyl halides is 3. The molecule has 0 saturated heterocycles. The van der Waals surface area contributed by atoms with Gasteiger partial charge in [-0.05, 0) is 29.5 Å². The van der Waals surface area contributed by atoms with Crippen LogP contribution in [0.1, 0.15) is 31.9 Å². The van der Waals surface area contributed by atoms with Crippen LogP contribution in [-0.4, -0.2) is 23.1 Å². The molecule has 0 radical (unpaired) electrons. The van der Waals surface area contributed by atoms with Gasteiger partial charge in [0.15, 0.2) is 6.04 Å². The van der Waals surface area contributed by atoms with Gasteiger partial charge in [0.1, 0.15) is 0 Å². The van der Waals surface area contributed by atoms with E-state index in [0.717, 1.165) is 0 Å². The van der Waals surface area contributed by atoms with Crippen molar-refractivity contribution < 1.29 is 18.0 Å². The zero-order valence-electron chi connectivity index (χ0n) is 15.0. The summed E-state index contributed by atoms with van der Waals surface area (Å²) < 4.78 is 40.4. The predicted molar refractivity (Wildman–Crippen MR) is 96.9 cm³/mol. The Hall–Kier alpha value is -2.61. The lowest BCUT2D eigenvalue weighted by Gasteiger charge is -2.24. The van der Waals surface area contributed by atoms with Crippen LogP contribution in [-0.2, 0) is 4.79 Å². The molecule has 1 aromatic heterocycles. The normalized spacial score (nSPS) is 14.0. The van der Waals surface area contributed by atoms with E-state index in [0.29, 0.717) is 11.3 Å². The molecular formula is C19H22F3N3O2. The molecule has 1 amide bonds. The first-order valence-corrected chi connectivity index (χ1v) is 8.50. The third-order valence-corrected chi connectivity index (χ3v) is 4.00. The first-order chi connectivity index (χ1) is 12.6. The van der Waals surface area contributed by atoms with E-state index in [2.05, 4.69) is 4.98 Å². The van der Waals surface area contributed by atoms with Gasteiger partial charge in [0.25, 0.3) is 0 Å². The molecule has 0 fully saturated rings. The fraction of sp³-hybridized carbons (Fsp3) is 0.368. The number of rotatable bonds is 6. The Morgan fingerprint density at radius 3 is 2.30 bits per heavy atom. The molecule has 0 aliphatic heterocycles. The average molecular weight is 381 g/mol. The molecule has 0 spiro atoms. The van der Waals surface area contributed by atoms with Crippen molar-refractivity contribution in [2.45, 2.75) is 38.5 Å². The number of aromatic nitrogens is 1. The number of nitrogens with two attached hydrogens (primary N) is 1. The highest BCUT2D eigenvalue weighted by molar-refractivity contribution is 5.82. The van der Waals surface area contributed by atoms with Crippen molar-refractivity contribution in [3.8, 4) is 11.3 Å². The van der Waals surface area contributed by atoms with Gasteiger partial charge in [-0.15, -0.1) is 0 Å². The average Bonchev–Trinajstić information content (AvgIpc) is 2.58. The van der Waals surface area contributed by atoms with Crippen molar-refractivity contribution in [2.24, 2.45) is 11.7 Å². The van der Waals surface area contributed by atoms with Gasteiger partial charge in [-0.2, -0.15) is 13.2 Å². The van der Waals surface area contributed by atoms with Crippen LogP contribution in [0.15, 0.2) is 47.3 Å². The molecule has 5 nitrogen and oxygen atoms in total. The van der Waals surface area contributed by atoms with Gasteiger partial charge < -0.3 is 16.0 Å². The largest absolute Gasteiger partial charge is 0.412 e. The maximum absolute atomic E-state index is 13.5. The number of pyridine rings is 1. The van der Waals surface area contributed by atoms with Crippen LogP contribution in [0.4, 0.5) is 13.2 Å². The monoisotopic (exact) mass is 381 g/mol. The van der Waals surface area contributed by atoms with Crippen LogP contribution >= 0.6 is 0 Å². The second-order valence-corrected chi connectivity index (χ2v) is 6.77. The fourth-order valence-electron chi connectivity index (χ4n) is 2.69. The van der Waals surface area contributed by atoms with E-state index in [1.54, 1.807) is 12.1 Å². The van der Waals surface area contributed by atoms with Gasteiger partial charge in [-0.25, -0.2) is 0 Å². The van der Waals surface area contributed by atoms with Crippen molar-refractivity contribution in [2.75, 3.05) is 0 Å². The van der Waals surface area contributed by atoms with Crippen LogP contribution in [0.2, 0.25) is 0 Å². The molecule has 27 heavy (non-hydrogen) atoms. The fourth-order valence-corrected chi connectivity index (χ4v) is 2.69. The first kappa shape index (κ1) is 20.7. The summed E-state index contributed by atoms with van der Waals surface area (Å²) in [6.45, 7) is 3.67. The van der Waals surface area contributed by atoms with Gasteiger partial charge in [-0.1, -0.05) is 44.2 Å². The minimum Gasteiger partial charge on any atom is -0.339 e. The standard InChI is InChI=1S/C19H22F3N3O2/c1-11(2)10-14(23)18(27)25-17(19(20,21)22)13-8-6-12(7-9-13)15-4-3-5-16(26)24-15/h3-9,11,14,17H,10,23H2,1-2H3,(H,24,26)(H,25,27)/t14-,17-/m0/s1. The van der Waals surface area contributed by atoms with E-state index >= 15 is 0 Å². The number of carbonyl (C=O) groups is 1. The smallest absolute Gasteiger partial charge is 0.339 e. The Kier molecular flexibility index (Phi) is 6.43. The van der Waals surface area contributed by atoms with Crippen molar-refractivity contribution in [1.29, 1.82) is 0 Å². The SMILES string of the molecule is CC(C)C[C@H](N)C(=O)N[C@@H](c1ccc(-c2cccc(=O)[nH]2)cc1)C(F)(F)F. The zero-order valence-corrected chi connectivity index (χ0v) is 15.0. The molecule has 1 aromatic carbocycles. The summed E-state index contributed by atoms with van der Waals surface area (Å²) in [4.78, 5) is 26.0. The van der Waals surface area contributed by atoms with Crippen LogP contribution in [0.25, 0.3) is 11.3 Å². The molecule has 2 aromatic rings. The van der Waals surface area contributed by atoms with Crippen molar-refractivity contribution in [3.63, 3.8) is 0 Å². The molecule has 146 valence electrons. The van der Waals surface area contributed by atoms with E-state index in [1.165, 1.54) is 30.3 Å². The number of aromatic amines is 1. The highest BCUT2D eigenvalue weighted by atomic mass is 19.4. The highest BCUT2D eigenvalue weighted by Crippen LogP contribution is 2.33. The van der Waals surface area contributed by atoms with Crippen molar-refractivity contribution in [1.82, 2.24) is 10.3 Å². The topological polar surface area (TPSA) is 88.0 Å². The molecule has 1 heterocycles. The molecule has 0 bridgehead atoms. The number of amides is 1. The minimum atomic E-state index is -4.67. The molecule has 2 rings (SSSR count). The van der Waals surface area contributed by atoms with Gasteiger partial charge in [0, 0.05) is 11.8 Å². The number of hydrogen-bond donors (Lipinski definition) is 3. The molecule has 0 saturated carbocycles. The lowest BCUT2D eigenvalue weighted by atomic mass is 10.0. The quantitative estimate of drug-likeness (QED) is 0.718. The molecule has 0 aliphatic rings. The van der Waals surface area contributed by atoms with Crippen LogP contribution in [0.5, 0.6) is 0 Å². The maximum Gasteiger partial charge on any atom is 0.412 e. The van der Waals surface area contributed by atoms with E-state index < -0.39 is 24.2 Å². The summed E-state index contributed by atoms with van der Waals surface area (Å²) in [6.07, 6.45) is -4.38. The number of benzene rings is 1. The summed E-state index contributed by atoms with van der Waals surface area (Å²) in [5.41, 5.74) is 6.31. The molecular weight excluding hydrogens is 359 g/mol. The predicted octanol–water partition coefficient (Wildman–Crippen LogP) is 3.13. The van der Waals surface area contributed by atoms with E-state index in [1.807, 2.05) is 19.2 Å². The van der Waals surface area contributed by atoms with Crippen LogP contribution in [0, 0.1) is 5.92 Å². The van der Waals surface area contributed by atoms with E-state index in [4.69, 9.17) is 5.73 Å². The van der Waals surface area contributed by atoms with E-state index in [9.17, 15) is 22.8 Å². The summed E-state index contributed by atoms with van der Waals surface area (Å²) in [7, 11) is 0. The highest BCUT2D eigenvalue weighted by Gasteiger charge is 2.42. The Balaban J connectivity index is 2.24. The van der Waals surface area contributed by atoms with Crippen molar-refractivity contribution in [3.05, 3.63) is 58.4 Å². The van der Waals surface area contributed by atoms with Gasteiger partial charge >= 0.3 is 6.18 Å². The molecule has 0 aliphatic carbocycles. The summed E-state index contributed by atoms with van der Waals surface area (Å²) in [5, 5.41) is 2.00. The molecule has 4 N–H and O–H groups in total. The Bertz CT molecular complexity index is 829. The Morgan fingerprint density at radius 2 is 1.78 bits per heavy atom. The second-order valence-electron chi connectivity index (χ2n) is 6.77. The number of H-pyrrole nitrogens is 1. The number of nitrogens with one attached hydrogen (secondary N) is 2. The maximum atomic E-state index is 13.5. The minimum absolute atomic E-state index is 0.0856. The van der Waals surface area contributed by atoms with Gasteiger partial charge in [0.2, 0.25) is 11.5 Å². The lowest BCUT2D eigenvalue weighted by Crippen LogP contribution is -2.46. The summed E-state index contributed by atoms with van der Waals surface area (Å²) >= 11 is 0. The zero-order chi connectivity index (χ0) is 20.2. The molecule has 8 heteroatoms.